The molecule has 2 bridgehead atoms. The Morgan fingerprint density at radius 1 is 1.04 bits per heavy atom. The van der Waals surface area contributed by atoms with Crippen molar-refractivity contribution in [2.75, 3.05) is 38.0 Å². The lowest BCUT2D eigenvalue weighted by Gasteiger charge is -2.71. The molecular formula is C37H43F3N8OS. The molecule has 9 nitrogen and oxygen atoms in total. The molecule has 3 aromatic heterocycles. The van der Waals surface area contributed by atoms with Crippen LogP contribution in [0.5, 0.6) is 0 Å². The zero-order valence-electron chi connectivity index (χ0n) is 28.4. The van der Waals surface area contributed by atoms with Crippen LogP contribution in [0, 0.1) is 23.7 Å². The summed E-state index contributed by atoms with van der Waals surface area (Å²) in [7, 11) is 0. The van der Waals surface area contributed by atoms with E-state index in [1.165, 1.54) is 36.7 Å². The smallest absolute Gasteiger partial charge is 0.367 e. The summed E-state index contributed by atoms with van der Waals surface area (Å²) in [5, 5.41) is 18.7. The topological polar surface area (TPSA) is 102 Å². The third kappa shape index (κ3) is 6.58. The van der Waals surface area contributed by atoms with Crippen molar-refractivity contribution in [3.8, 4) is 6.07 Å². The highest BCUT2D eigenvalue weighted by molar-refractivity contribution is 7.18. The molecule has 264 valence electrons. The number of aromatic nitrogens is 3. The van der Waals surface area contributed by atoms with Gasteiger partial charge in [-0.25, -0.2) is 9.97 Å². The van der Waals surface area contributed by atoms with E-state index in [1.807, 2.05) is 6.07 Å². The van der Waals surface area contributed by atoms with Crippen molar-refractivity contribution in [3.63, 3.8) is 0 Å². The number of rotatable bonds is 10. The van der Waals surface area contributed by atoms with Crippen LogP contribution in [0.4, 0.5) is 19.0 Å². The van der Waals surface area contributed by atoms with Crippen LogP contribution in [0.3, 0.4) is 0 Å². The predicted octanol–water partition coefficient (Wildman–Crippen LogP) is 6.53. The molecule has 5 aliphatic rings. The highest BCUT2D eigenvalue weighted by atomic mass is 32.1. The standard InChI is InChI=1S/C37H43F3N8OS/c1-24-25(17-47-11-7-26(8-12-47)44-33-30-14-28(15-37(38,39)40)50-34(30)43-23-42-33)5-6-31-29(24)13-27(16-41)48(31)22-35-19-36(20-35,21-35)45-32(49)18-46-9-3-2-4-10-46/h5-6,13-14,23,26H,2-4,7-12,15,17-22H2,1H3,(H,45,49)(H,42,43,44). The number of nitrogens with one attached hydrogen (secondary N) is 2. The van der Waals surface area contributed by atoms with Gasteiger partial charge < -0.3 is 15.2 Å². The Labute approximate surface area is 293 Å². The van der Waals surface area contributed by atoms with E-state index in [0.29, 0.717) is 28.3 Å². The molecule has 2 saturated heterocycles. The number of halogens is 3. The van der Waals surface area contributed by atoms with Gasteiger partial charge in [0.05, 0.1) is 18.4 Å². The van der Waals surface area contributed by atoms with Gasteiger partial charge in [-0.15, -0.1) is 11.3 Å². The second kappa shape index (κ2) is 12.8. The number of fused-ring (bicyclic) bond motifs is 2. The monoisotopic (exact) mass is 704 g/mol. The van der Waals surface area contributed by atoms with Crippen LogP contribution in [0.25, 0.3) is 21.1 Å². The molecule has 50 heavy (non-hydrogen) atoms. The summed E-state index contributed by atoms with van der Waals surface area (Å²) < 4.78 is 41.1. The van der Waals surface area contributed by atoms with Gasteiger partial charge in [-0.1, -0.05) is 12.5 Å². The zero-order chi connectivity index (χ0) is 34.7. The van der Waals surface area contributed by atoms with Crippen LogP contribution in [-0.4, -0.2) is 80.7 Å². The number of benzene rings is 1. The molecule has 2 N–H and O–H groups in total. The Balaban J connectivity index is 0.872. The summed E-state index contributed by atoms with van der Waals surface area (Å²) in [5.74, 6) is 0.754. The van der Waals surface area contributed by atoms with Gasteiger partial charge in [0.15, 0.2) is 0 Å². The summed E-state index contributed by atoms with van der Waals surface area (Å²) in [6, 6.07) is 10.6. The van der Waals surface area contributed by atoms with Crippen molar-refractivity contribution in [2.24, 2.45) is 5.41 Å². The zero-order valence-corrected chi connectivity index (χ0v) is 29.2. The van der Waals surface area contributed by atoms with Crippen LogP contribution < -0.4 is 10.6 Å². The molecule has 4 aromatic rings. The number of aryl methyl sites for hydroxylation is 1. The number of piperidine rings is 2. The Kier molecular flexibility index (Phi) is 8.55. The fourth-order valence-electron chi connectivity index (χ4n) is 9.22. The van der Waals surface area contributed by atoms with Crippen molar-refractivity contribution in [1.82, 2.24) is 29.7 Å². The second-order valence-corrected chi connectivity index (χ2v) is 16.5. The number of alkyl halides is 3. The van der Waals surface area contributed by atoms with Crippen molar-refractivity contribution in [2.45, 2.75) is 95.6 Å². The normalized spacial score (nSPS) is 24.5. The van der Waals surface area contributed by atoms with E-state index in [4.69, 9.17) is 0 Å². The predicted molar refractivity (Wildman–Crippen MR) is 188 cm³/mol. The molecule has 1 aromatic carbocycles. The molecule has 3 saturated carbocycles. The molecule has 0 radical (unpaired) electrons. The van der Waals surface area contributed by atoms with E-state index in [-0.39, 0.29) is 27.8 Å². The first-order valence-corrected chi connectivity index (χ1v) is 18.7. The van der Waals surface area contributed by atoms with E-state index >= 15 is 0 Å². The van der Waals surface area contributed by atoms with Gasteiger partial charge in [0, 0.05) is 53.5 Å². The van der Waals surface area contributed by atoms with Crippen LogP contribution in [0.2, 0.25) is 0 Å². The lowest BCUT2D eigenvalue weighted by atomic mass is 9.39. The number of carbonyl (C=O) groups excluding carboxylic acids is 1. The maximum Gasteiger partial charge on any atom is 0.393 e. The van der Waals surface area contributed by atoms with Crippen LogP contribution in [-0.2, 0) is 24.3 Å². The van der Waals surface area contributed by atoms with E-state index in [2.05, 4.69) is 60.1 Å². The lowest BCUT2D eigenvalue weighted by Crippen LogP contribution is -2.76. The van der Waals surface area contributed by atoms with Crippen molar-refractivity contribution in [3.05, 3.63) is 52.3 Å². The summed E-state index contributed by atoms with van der Waals surface area (Å²) in [4.78, 5) is 26.9. The molecule has 0 spiro atoms. The average Bonchev–Trinajstić information content (AvgIpc) is 3.62. The van der Waals surface area contributed by atoms with Gasteiger partial charge in [-0.2, -0.15) is 18.4 Å². The first-order chi connectivity index (χ1) is 24.0. The van der Waals surface area contributed by atoms with Crippen molar-refractivity contribution < 1.29 is 18.0 Å². The number of thiophene rings is 1. The molecule has 0 unspecified atom stereocenters. The molecular weight excluding hydrogens is 662 g/mol. The number of amides is 1. The van der Waals surface area contributed by atoms with Gasteiger partial charge in [-0.05, 0) is 99.7 Å². The minimum atomic E-state index is -4.26. The minimum Gasteiger partial charge on any atom is -0.367 e. The molecule has 0 atom stereocenters. The molecule has 1 amide bonds. The number of hydrogen-bond donors (Lipinski definition) is 2. The number of hydrogen-bond acceptors (Lipinski definition) is 8. The van der Waals surface area contributed by atoms with Crippen LogP contribution in [0.15, 0.2) is 30.6 Å². The SMILES string of the molecule is Cc1c(CN2CCC(Nc3ncnc4sc(CC(F)(F)F)cc34)CC2)ccc2c1cc(C#N)n2CC12CC(NC(=O)CN3CCCCC3)(C1)C2. The maximum atomic E-state index is 13.0. The summed E-state index contributed by atoms with van der Waals surface area (Å²) in [6.45, 7) is 8.08. The van der Waals surface area contributed by atoms with Crippen LogP contribution >= 0.6 is 11.3 Å². The minimum absolute atomic E-state index is 0.0558. The van der Waals surface area contributed by atoms with Gasteiger partial charge in [0.25, 0.3) is 0 Å². The lowest BCUT2D eigenvalue weighted by molar-refractivity contribution is -0.172. The molecule has 13 heteroatoms. The third-order valence-electron chi connectivity index (χ3n) is 11.5. The molecule has 5 fully saturated rings. The summed E-state index contributed by atoms with van der Waals surface area (Å²) >= 11 is 1.07. The highest BCUT2D eigenvalue weighted by Crippen LogP contribution is 2.68. The number of anilines is 1. The molecule has 3 aliphatic carbocycles. The number of nitriles is 1. The van der Waals surface area contributed by atoms with E-state index in [0.717, 1.165) is 93.6 Å². The Morgan fingerprint density at radius 2 is 1.80 bits per heavy atom. The van der Waals surface area contributed by atoms with Gasteiger partial charge in [0.1, 0.15) is 28.7 Å². The first-order valence-electron chi connectivity index (χ1n) is 17.8. The van der Waals surface area contributed by atoms with Crippen LogP contribution in [0.1, 0.15) is 73.1 Å². The Bertz CT molecular complexity index is 1940. The van der Waals surface area contributed by atoms with Gasteiger partial charge in [-0.3, -0.25) is 14.6 Å². The quantitative estimate of drug-likeness (QED) is 0.194. The average molecular weight is 705 g/mol. The first kappa shape index (κ1) is 33.4. The van der Waals surface area contributed by atoms with E-state index < -0.39 is 12.6 Å². The van der Waals surface area contributed by atoms with Crippen molar-refractivity contribution in [1.29, 1.82) is 5.26 Å². The van der Waals surface area contributed by atoms with Crippen molar-refractivity contribution >= 4 is 44.2 Å². The molecule has 5 heterocycles. The highest BCUT2D eigenvalue weighted by Gasteiger charge is 2.68. The van der Waals surface area contributed by atoms with Gasteiger partial charge in [0.2, 0.25) is 5.91 Å². The number of likely N-dealkylation sites (tertiary alicyclic amines) is 2. The molecule has 2 aliphatic heterocycles. The molecule has 9 rings (SSSR count). The summed E-state index contributed by atoms with van der Waals surface area (Å²) in [6.07, 6.45) is 4.55. The third-order valence-corrected chi connectivity index (χ3v) is 12.6. The van der Waals surface area contributed by atoms with E-state index in [9.17, 15) is 23.2 Å². The fourth-order valence-corrected chi connectivity index (χ4v) is 10.2. The number of carbonyl (C=O) groups is 1. The Hall–Kier alpha value is -3.73. The van der Waals surface area contributed by atoms with Gasteiger partial charge >= 0.3 is 6.18 Å². The summed E-state index contributed by atoms with van der Waals surface area (Å²) in [5.41, 5.74) is 4.33. The largest absolute Gasteiger partial charge is 0.393 e. The number of nitrogens with zero attached hydrogens (tertiary/aromatic N) is 6. The van der Waals surface area contributed by atoms with E-state index in [1.54, 1.807) is 6.07 Å². The fraction of sp³-hybridized carbons (Fsp3) is 0.568. The Morgan fingerprint density at radius 3 is 2.52 bits per heavy atom. The second-order valence-electron chi connectivity index (χ2n) is 15.3. The maximum absolute atomic E-state index is 13.0.